The van der Waals surface area contributed by atoms with Crippen molar-refractivity contribution in [1.82, 2.24) is 10.6 Å². The van der Waals surface area contributed by atoms with Gasteiger partial charge in [-0.05, 0) is 37.1 Å². The molecule has 2 aliphatic heterocycles. The highest BCUT2D eigenvalue weighted by atomic mass is 32.2. The lowest BCUT2D eigenvalue weighted by Gasteiger charge is -2.36. The van der Waals surface area contributed by atoms with Gasteiger partial charge in [-0.2, -0.15) is 0 Å². The lowest BCUT2D eigenvalue weighted by Crippen LogP contribution is -2.64. The quantitative estimate of drug-likeness (QED) is 0.594. The Hall–Kier alpha value is -2.07. The highest BCUT2D eigenvalue weighted by Crippen LogP contribution is 2.37. The third-order valence-corrected chi connectivity index (χ3v) is 7.63. The summed E-state index contributed by atoms with van der Waals surface area (Å²) in [5.41, 5.74) is 3.46. The van der Waals surface area contributed by atoms with Gasteiger partial charge < -0.3 is 15.5 Å². The Bertz CT molecular complexity index is 965. The number of fused-ring (bicyclic) bond motifs is 1. The molecule has 9 heteroatoms. The summed E-state index contributed by atoms with van der Waals surface area (Å²) in [4.78, 5) is 27.1. The number of hydrogen-bond donors (Lipinski definition) is 3. The second kappa shape index (κ2) is 8.97. The molecule has 2 saturated heterocycles. The van der Waals surface area contributed by atoms with E-state index in [9.17, 15) is 9.59 Å². The number of thioether (sulfide) groups is 2. The molecule has 156 valence electrons. The lowest BCUT2D eigenvalue weighted by molar-refractivity contribution is -0.122. The van der Waals surface area contributed by atoms with Gasteiger partial charge >= 0.3 is 0 Å². The number of carbonyl (C=O) groups excluding carboxylic acids is 2. The molecule has 0 aliphatic carbocycles. The van der Waals surface area contributed by atoms with Gasteiger partial charge in [-0.25, -0.2) is 0 Å². The predicted molar refractivity (Wildman–Crippen MR) is 129 cm³/mol. The fourth-order valence-electron chi connectivity index (χ4n) is 3.54. The second-order valence-electron chi connectivity index (χ2n) is 7.14. The average molecular weight is 459 g/mol. The van der Waals surface area contributed by atoms with Crippen molar-refractivity contribution in [2.24, 2.45) is 0 Å². The van der Waals surface area contributed by atoms with Crippen molar-refractivity contribution in [1.29, 1.82) is 0 Å². The van der Waals surface area contributed by atoms with Gasteiger partial charge in [0, 0.05) is 11.4 Å². The average Bonchev–Trinajstić information content (AvgIpc) is 3.06. The van der Waals surface area contributed by atoms with Gasteiger partial charge in [-0.3, -0.25) is 14.9 Å². The number of para-hydroxylation sites is 2. The molecule has 2 aromatic rings. The van der Waals surface area contributed by atoms with E-state index in [1.165, 1.54) is 23.5 Å². The number of amides is 2. The van der Waals surface area contributed by atoms with Crippen LogP contribution < -0.4 is 20.9 Å². The van der Waals surface area contributed by atoms with Crippen molar-refractivity contribution in [3.05, 3.63) is 59.7 Å². The molecule has 30 heavy (non-hydrogen) atoms. The van der Waals surface area contributed by atoms with Crippen molar-refractivity contribution in [2.45, 2.75) is 30.8 Å². The van der Waals surface area contributed by atoms with Gasteiger partial charge in [0.1, 0.15) is 21.2 Å². The first kappa shape index (κ1) is 21.2. The van der Waals surface area contributed by atoms with Crippen LogP contribution in [0.15, 0.2) is 48.5 Å². The molecule has 0 aromatic heterocycles. The molecular weight excluding hydrogens is 436 g/mol. The van der Waals surface area contributed by atoms with Crippen LogP contribution in [0.4, 0.5) is 11.4 Å². The number of aryl methyl sites for hydroxylation is 2. The van der Waals surface area contributed by atoms with Gasteiger partial charge in [0.2, 0.25) is 11.8 Å². The first-order chi connectivity index (χ1) is 14.4. The van der Waals surface area contributed by atoms with Crippen LogP contribution in [0.5, 0.6) is 0 Å². The van der Waals surface area contributed by atoms with E-state index in [2.05, 4.69) is 16.0 Å². The van der Waals surface area contributed by atoms with Crippen molar-refractivity contribution < 1.29 is 9.59 Å². The van der Waals surface area contributed by atoms with Gasteiger partial charge in [0.05, 0.1) is 5.75 Å². The molecule has 0 saturated carbocycles. The lowest BCUT2D eigenvalue weighted by atomic mass is 10.1. The number of nitrogens with zero attached hydrogens (tertiary/aromatic N) is 1. The summed E-state index contributed by atoms with van der Waals surface area (Å²) >= 11 is 8.27. The van der Waals surface area contributed by atoms with E-state index in [0.717, 1.165) is 22.5 Å². The number of thiocarbonyl (C=S) groups is 1. The maximum absolute atomic E-state index is 12.7. The SMILES string of the molecule is Cc1cccc(C)c1NC(=O)CSC1NC(=O)C2SC(=S)N(c3ccccc3)C2N1. The molecule has 4 rings (SSSR count). The molecule has 2 aliphatic rings. The monoisotopic (exact) mass is 458 g/mol. The molecular formula is C21H22N4O2S3. The fourth-order valence-corrected chi connectivity index (χ4v) is 5.95. The van der Waals surface area contributed by atoms with E-state index in [-0.39, 0.29) is 34.5 Å². The number of nitrogens with one attached hydrogen (secondary N) is 3. The highest BCUT2D eigenvalue weighted by molar-refractivity contribution is 8.24. The number of carbonyl (C=O) groups is 2. The molecule has 0 bridgehead atoms. The van der Waals surface area contributed by atoms with Crippen molar-refractivity contribution in [3.63, 3.8) is 0 Å². The van der Waals surface area contributed by atoms with E-state index in [1.54, 1.807) is 0 Å². The first-order valence-electron chi connectivity index (χ1n) is 9.53. The Morgan fingerprint density at radius 2 is 1.87 bits per heavy atom. The third-order valence-electron chi connectivity index (χ3n) is 5.00. The van der Waals surface area contributed by atoms with Crippen LogP contribution in [-0.2, 0) is 9.59 Å². The second-order valence-corrected chi connectivity index (χ2v) is 10.0. The Morgan fingerprint density at radius 3 is 2.57 bits per heavy atom. The van der Waals surface area contributed by atoms with Crippen LogP contribution in [0.25, 0.3) is 0 Å². The maximum Gasteiger partial charge on any atom is 0.238 e. The highest BCUT2D eigenvalue weighted by Gasteiger charge is 2.47. The minimum atomic E-state index is -0.379. The smallest absolute Gasteiger partial charge is 0.238 e. The van der Waals surface area contributed by atoms with Crippen molar-refractivity contribution in [3.8, 4) is 0 Å². The molecule has 3 unspecified atom stereocenters. The van der Waals surface area contributed by atoms with Crippen molar-refractivity contribution in [2.75, 3.05) is 16.0 Å². The van der Waals surface area contributed by atoms with E-state index in [0.29, 0.717) is 4.32 Å². The van der Waals surface area contributed by atoms with E-state index in [4.69, 9.17) is 12.2 Å². The molecule has 2 amide bonds. The number of rotatable bonds is 5. The van der Waals surface area contributed by atoms with Gasteiger partial charge in [0.25, 0.3) is 0 Å². The van der Waals surface area contributed by atoms with Gasteiger partial charge in [-0.15, -0.1) is 11.8 Å². The first-order valence-corrected chi connectivity index (χ1v) is 11.9. The Kier molecular flexibility index (Phi) is 6.33. The summed E-state index contributed by atoms with van der Waals surface area (Å²) < 4.78 is 0.664. The summed E-state index contributed by atoms with van der Waals surface area (Å²) in [6.07, 6.45) is -0.252. The minimum Gasteiger partial charge on any atom is -0.331 e. The molecule has 2 aromatic carbocycles. The summed E-state index contributed by atoms with van der Waals surface area (Å²) in [5.74, 6) is 0.0375. The van der Waals surface area contributed by atoms with E-state index in [1.807, 2.05) is 67.3 Å². The zero-order valence-electron chi connectivity index (χ0n) is 16.5. The van der Waals surface area contributed by atoms with Crippen LogP contribution in [0.2, 0.25) is 0 Å². The summed E-state index contributed by atoms with van der Waals surface area (Å²) in [6, 6.07) is 15.7. The number of anilines is 2. The molecule has 0 spiro atoms. The molecule has 2 fully saturated rings. The van der Waals surface area contributed by atoms with Gasteiger partial charge in [-0.1, -0.05) is 60.4 Å². The fraction of sp³-hybridized carbons (Fsp3) is 0.286. The summed E-state index contributed by atoms with van der Waals surface area (Å²) in [5, 5.41) is 9.04. The summed E-state index contributed by atoms with van der Waals surface area (Å²) in [7, 11) is 0. The van der Waals surface area contributed by atoms with Crippen LogP contribution in [0.1, 0.15) is 11.1 Å². The topological polar surface area (TPSA) is 73.5 Å². The van der Waals surface area contributed by atoms with Crippen LogP contribution in [-0.4, -0.2) is 38.8 Å². The maximum atomic E-state index is 12.7. The third kappa shape index (κ3) is 4.34. The molecule has 6 nitrogen and oxygen atoms in total. The number of hydrogen-bond acceptors (Lipinski definition) is 6. The minimum absolute atomic E-state index is 0.0720. The standard InChI is InChI=1S/C21H22N4O2S3/c1-12-7-6-8-13(2)16(12)22-15(26)11-29-20-23-18-17(19(27)24-20)30-21(28)25(18)14-9-4-3-5-10-14/h3-10,17-18,20,23H,11H2,1-2H3,(H,22,26)(H,24,27). The molecule has 3 N–H and O–H groups in total. The van der Waals surface area contributed by atoms with E-state index < -0.39 is 0 Å². The Balaban J connectivity index is 1.41. The van der Waals surface area contributed by atoms with Crippen LogP contribution in [0.3, 0.4) is 0 Å². The van der Waals surface area contributed by atoms with Gasteiger partial charge in [0.15, 0.2) is 0 Å². The molecule has 2 heterocycles. The predicted octanol–water partition coefficient (Wildman–Crippen LogP) is 3.21. The Labute approximate surface area is 189 Å². The number of benzene rings is 2. The largest absolute Gasteiger partial charge is 0.331 e. The normalized spacial score (nSPS) is 23.1. The zero-order valence-corrected chi connectivity index (χ0v) is 19.0. The van der Waals surface area contributed by atoms with E-state index >= 15 is 0 Å². The Morgan fingerprint density at radius 1 is 1.17 bits per heavy atom. The van der Waals surface area contributed by atoms with Crippen LogP contribution in [0, 0.1) is 13.8 Å². The van der Waals surface area contributed by atoms with Crippen molar-refractivity contribution >= 4 is 63.3 Å². The zero-order chi connectivity index (χ0) is 21.3. The summed E-state index contributed by atoms with van der Waals surface area (Å²) in [6.45, 7) is 3.94. The molecule has 0 radical (unpaired) electrons. The van der Waals surface area contributed by atoms with Crippen LogP contribution >= 0.6 is 35.7 Å². The molecule has 3 atom stereocenters.